The summed E-state index contributed by atoms with van der Waals surface area (Å²) in [6.45, 7) is 7.45. The molecule has 11 heteroatoms. The van der Waals surface area contributed by atoms with Crippen molar-refractivity contribution < 1.29 is 33.3 Å². The van der Waals surface area contributed by atoms with Crippen molar-refractivity contribution in [1.82, 2.24) is 4.98 Å². The molecule has 0 bridgehead atoms. The van der Waals surface area contributed by atoms with Gasteiger partial charge in [-0.2, -0.15) is 0 Å². The number of esters is 2. The van der Waals surface area contributed by atoms with Gasteiger partial charge in [-0.25, -0.2) is 9.78 Å². The van der Waals surface area contributed by atoms with Crippen LogP contribution in [0.4, 0.5) is 10.8 Å². The molecular formula is C31H35N3O7S. The van der Waals surface area contributed by atoms with Gasteiger partial charge in [-0.3, -0.25) is 9.79 Å². The molecule has 0 saturated carbocycles. The average Bonchev–Trinajstić information content (AvgIpc) is 3.44. The van der Waals surface area contributed by atoms with Crippen molar-refractivity contribution in [3.63, 3.8) is 0 Å². The first kappa shape index (κ1) is 30.6. The van der Waals surface area contributed by atoms with Gasteiger partial charge in [0.05, 0.1) is 45.8 Å². The molecule has 0 spiro atoms. The fourth-order valence-corrected chi connectivity index (χ4v) is 5.77. The molecule has 0 radical (unpaired) electrons. The van der Waals surface area contributed by atoms with Crippen molar-refractivity contribution in [2.24, 2.45) is 10.9 Å². The lowest BCUT2D eigenvalue weighted by molar-refractivity contribution is -0.146. The van der Waals surface area contributed by atoms with E-state index >= 15 is 0 Å². The molecular weight excluding hydrogens is 558 g/mol. The average molecular weight is 594 g/mol. The Morgan fingerprint density at radius 1 is 0.952 bits per heavy atom. The summed E-state index contributed by atoms with van der Waals surface area (Å²) in [7, 11) is 4.69. The number of carbonyl (C=O) groups excluding carboxylic acids is 2. The van der Waals surface area contributed by atoms with Crippen LogP contribution < -0.4 is 19.5 Å². The van der Waals surface area contributed by atoms with E-state index in [0.29, 0.717) is 39.4 Å². The first-order chi connectivity index (χ1) is 20.3. The molecule has 42 heavy (non-hydrogen) atoms. The Balaban J connectivity index is 1.69. The third kappa shape index (κ3) is 6.25. The highest BCUT2D eigenvalue weighted by Crippen LogP contribution is 2.43. The number of aromatic nitrogens is 1. The maximum Gasteiger partial charge on any atom is 0.336 e. The van der Waals surface area contributed by atoms with Crippen LogP contribution in [-0.4, -0.2) is 57.2 Å². The number of nitrogens with one attached hydrogen (secondary N) is 1. The standard InChI is InChI=1S/C31H35N3O7S/c1-8-40-29(35)25-17(3)32-18(4)26(30(36)41-9-2)27(25)19-11-10-12-21(13-19)33-31-34-22(16-42-31)20-14-23(37-5)28(39-7)24(15-20)38-6/h10-16,25,27H,8-9H2,1-7H3,(H,33,34). The largest absolute Gasteiger partial charge is 0.493 e. The van der Waals surface area contributed by atoms with E-state index in [1.54, 1.807) is 49.0 Å². The predicted octanol–water partition coefficient (Wildman–Crippen LogP) is 6.15. The zero-order valence-electron chi connectivity index (χ0n) is 24.8. The molecule has 2 atom stereocenters. The number of methoxy groups -OCH3 is 3. The van der Waals surface area contributed by atoms with E-state index in [4.69, 9.17) is 28.7 Å². The van der Waals surface area contributed by atoms with Gasteiger partial charge in [-0.1, -0.05) is 12.1 Å². The Morgan fingerprint density at radius 2 is 1.64 bits per heavy atom. The number of hydrogen-bond acceptors (Lipinski definition) is 11. The van der Waals surface area contributed by atoms with Crippen molar-refractivity contribution in [2.75, 3.05) is 39.9 Å². The monoisotopic (exact) mass is 593 g/mol. The predicted molar refractivity (Wildman–Crippen MR) is 162 cm³/mol. The number of rotatable bonds is 11. The summed E-state index contributed by atoms with van der Waals surface area (Å²) in [5.41, 5.74) is 4.45. The molecule has 2 heterocycles. The summed E-state index contributed by atoms with van der Waals surface area (Å²) < 4.78 is 27.2. The maximum atomic E-state index is 13.1. The van der Waals surface area contributed by atoms with Crippen molar-refractivity contribution in [3.05, 3.63) is 58.6 Å². The van der Waals surface area contributed by atoms with Gasteiger partial charge in [-0.15, -0.1) is 11.3 Å². The van der Waals surface area contributed by atoms with Gasteiger partial charge in [0, 0.05) is 34.0 Å². The van der Waals surface area contributed by atoms with Gasteiger partial charge >= 0.3 is 11.9 Å². The Hall–Kier alpha value is -4.38. The Bertz CT molecular complexity index is 1500. The molecule has 0 aliphatic carbocycles. The summed E-state index contributed by atoms with van der Waals surface area (Å²) in [6.07, 6.45) is 0. The Kier molecular flexibility index (Phi) is 9.84. The Labute approximate surface area is 249 Å². The summed E-state index contributed by atoms with van der Waals surface area (Å²) in [4.78, 5) is 35.6. The molecule has 0 saturated heterocycles. The lowest BCUT2D eigenvalue weighted by Gasteiger charge is -2.31. The van der Waals surface area contributed by atoms with Crippen LogP contribution in [-0.2, 0) is 19.1 Å². The first-order valence-corrected chi connectivity index (χ1v) is 14.4. The highest BCUT2D eigenvalue weighted by Gasteiger charge is 2.42. The van der Waals surface area contributed by atoms with E-state index in [1.807, 2.05) is 41.8 Å². The highest BCUT2D eigenvalue weighted by molar-refractivity contribution is 7.14. The minimum Gasteiger partial charge on any atom is -0.493 e. The molecule has 0 amide bonds. The number of benzene rings is 2. The number of ether oxygens (including phenoxy) is 5. The Morgan fingerprint density at radius 3 is 2.26 bits per heavy atom. The second-order valence-corrected chi connectivity index (χ2v) is 10.2. The molecule has 1 aromatic heterocycles. The van der Waals surface area contributed by atoms with Crippen LogP contribution in [0.5, 0.6) is 17.2 Å². The number of aliphatic imine (C=N–C) groups is 1. The van der Waals surface area contributed by atoms with E-state index in [1.165, 1.54) is 11.3 Å². The molecule has 222 valence electrons. The number of anilines is 2. The van der Waals surface area contributed by atoms with Crippen molar-refractivity contribution in [1.29, 1.82) is 0 Å². The molecule has 1 N–H and O–H groups in total. The number of nitrogens with zero attached hydrogens (tertiary/aromatic N) is 2. The van der Waals surface area contributed by atoms with Crippen LogP contribution >= 0.6 is 11.3 Å². The SMILES string of the molecule is CCOC(=O)C1=C(C)N=C(C)C(C(=O)OCC)C1c1cccc(Nc2nc(-c3cc(OC)c(OC)c(OC)c3)cs2)c1. The lowest BCUT2D eigenvalue weighted by atomic mass is 9.75. The van der Waals surface area contributed by atoms with Crippen LogP contribution in [0, 0.1) is 5.92 Å². The van der Waals surface area contributed by atoms with Gasteiger partial charge in [0.1, 0.15) is 5.92 Å². The maximum absolute atomic E-state index is 13.1. The van der Waals surface area contributed by atoms with Crippen LogP contribution in [0.15, 0.2) is 58.0 Å². The van der Waals surface area contributed by atoms with Crippen LogP contribution in [0.2, 0.25) is 0 Å². The molecule has 2 unspecified atom stereocenters. The van der Waals surface area contributed by atoms with E-state index < -0.39 is 23.8 Å². The third-order valence-corrected chi connectivity index (χ3v) is 7.58. The van der Waals surface area contributed by atoms with Crippen LogP contribution in [0.1, 0.15) is 39.2 Å². The summed E-state index contributed by atoms with van der Waals surface area (Å²) in [5.74, 6) is -0.770. The molecule has 1 aliphatic rings. The summed E-state index contributed by atoms with van der Waals surface area (Å²) in [5, 5.41) is 5.93. The van der Waals surface area contributed by atoms with Gasteiger partial charge < -0.3 is 29.0 Å². The molecule has 1 aliphatic heterocycles. The number of thiazole rings is 1. The lowest BCUT2D eigenvalue weighted by Crippen LogP contribution is -2.36. The topological polar surface area (TPSA) is 118 Å². The van der Waals surface area contributed by atoms with E-state index in [-0.39, 0.29) is 13.2 Å². The second-order valence-electron chi connectivity index (χ2n) is 9.38. The van der Waals surface area contributed by atoms with Crippen molar-refractivity contribution in [2.45, 2.75) is 33.6 Å². The van der Waals surface area contributed by atoms with Crippen LogP contribution in [0.25, 0.3) is 11.3 Å². The van der Waals surface area contributed by atoms with Crippen molar-refractivity contribution in [3.8, 4) is 28.5 Å². The summed E-state index contributed by atoms with van der Waals surface area (Å²) >= 11 is 1.43. The number of hydrogen-bond donors (Lipinski definition) is 1. The fourth-order valence-electron chi connectivity index (χ4n) is 5.03. The van der Waals surface area contributed by atoms with E-state index in [9.17, 15) is 9.59 Å². The highest BCUT2D eigenvalue weighted by atomic mass is 32.1. The zero-order valence-corrected chi connectivity index (χ0v) is 25.6. The molecule has 2 aromatic carbocycles. The zero-order chi connectivity index (χ0) is 30.4. The molecule has 3 aromatic rings. The van der Waals surface area contributed by atoms with Crippen LogP contribution in [0.3, 0.4) is 0 Å². The van der Waals surface area contributed by atoms with Gasteiger partial charge in [-0.05, 0) is 57.5 Å². The minimum atomic E-state index is -0.769. The molecule has 10 nitrogen and oxygen atoms in total. The number of allylic oxidation sites excluding steroid dienone is 1. The van der Waals surface area contributed by atoms with Gasteiger partial charge in [0.2, 0.25) is 5.75 Å². The smallest absolute Gasteiger partial charge is 0.336 e. The normalized spacial score (nSPS) is 16.4. The minimum absolute atomic E-state index is 0.203. The molecule has 0 fully saturated rings. The van der Waals surface area contributed by atoms with E-state index in [0.717, 1.165) is 22.5 Å². The fraction of sp³-hybridized carbons (Fsp3) is 0.355. The second kappa shape index (κ2) is 13.5. The first-order valence-electron chi connectivity index (χ1n) is 13.5. The summed E-state index contributed by atoms with van der Waals surface area (Å²) in [6, 6.07) is 11.2. The van der Waals surface area contributed by atoms with E-state index in [2.05, 4.69) is 10.3 Å². The van der Waals surface area contributed by atoms with Gasteiger partial charge in [0.25, 0.3) is 0 Å². The quantitative estimate of drug-likeness (QED) is 0.261. The molecule has 4 rings (SSSR count). The van der Waals surface area contributed by atoms with Crippen molar-refractivity contribution >= 4 is 39.8 Å². The third-order valence-electron chi connectivity index (χ3n) is 6.83. The van der Waals surface area contributed by atoms with Gasteiger partial charge in [0.15, 0.2) is 16.6 Å². The number of carbonyl (C=O) groups is 2.